The predicted octanol–water partition coefficient (Wildman–Crippen LogP) is 1.47. The summed E-state index contributed by atoms with van der Waals surface area (Å²) < 4.78 is 23.6. The molecular formula is C17H18FN5O2. The third-order valence-corrected chi connectivity index (χ3v) is 3.45. The Morgan fingerprint density at radius 2 is 1.76 bits per heavy atom. The molecule has 1 aliphatic rings. The molecule has 2 aromatic rings. The topological polar surface area (TPSA) is 107 Å². The van der Waals surface area contributed by atoms with Crippen LogP contribution in [0.15, 0.2) is 52.4 Å². The number of fused-ring (bicyclic) bond motifs is 1. The molecule has 25 heavy (non-hydrogen) atoms. The van der Waals surface area contributed by atoms with Crippen LogP contribution in [0.5, 0.6) is 11.5 Å². The van der Waals surface area contributed by atoms with Gasteiger partial charge in [0, 0.05) is 6.54 Å². The first kappa shape index (κ1) is 16.6. The molecule has 0 amide bonds. The minimum Gasteiger partial charge on any atom is -0.454 e. The van der Waals surface area contributed by atoms with Crippen molar-refractivity contribution in [3.05, 3.63) is 59.4 Å². The summed E-state index contributed by atoms with van der Waals surface area (Å²) in [6, 6.07) is 11.7. The quantitative estimate of drug-likeness (QED) is 0.576. The van der Waals surface area contributed by atoms with Gasteiger partial charge in [-0.1, -0.05) is 18.2 Å². The average Bonchev–Trinajstić information content (AvgIpc) is 3.06. The molecule has 0 atom stereocenters. The fourth-order valence-corrected chi connectivity index (χ4v) is 2.24. The van der Waals surface area contributed by atoms with Crippen molar-refractivity contribution >= 4 is 11.9 Å². The number of benzene rings is 2. The number of ether oxygens (including phenoxy) is 2. The second-order valence-corrected chi connectivity index (χ2v) is 5.34. The largest absolute Gasteiger partial charge is 0.454 e. The first-order chi connectivity index (χ1) is 12.1. The molecule has 0 aromatic heterocycles. The highest BCUT2D eigenvalue weighted by atomic mass is 19.1. The van der Waals surface area contributed by atoms with E-state index in [-0.39, 0.29) is 18.6 Å². The number of halogens is 1. The molecule has 0 radical (unpaired) electrons. The van der Waals surface area contributed by atoms with Crippen molar-refractivity contribution in [3.8, 4) is 11.5 Å². The zero-order valence-corrected chi connectivity index (χ0v) is 13.4. The van der Waals surface area contributed by atoms with E-state index in [4.69, 9.17) is 20.9 Å². The molecule has 0 bridgehead atoms. The average molecular weight is 343 g/mol. The Morgan fingerprint density at radius 3 is 2.52 bits per heavy atom. The molecule has 2 aromatic carbocycles. The third-order valence-electron chi connectivity index (χ3n) is 3.45. The van der Waals surface area contributed by atoms with Gasteiger partial charge in [0.15, 0.2) is 17.5 Å². The van der Waals surface area contributed by atoms with E-state index in [1.165, 1.54) is 12.1 Å². The van der Waals surface area contributed by atoms with Gasteiger partial charge in [-0.2, -0.15) is 4.99 Å². The van der Waals surface area contributed by atoms with Gasteiger partial charge >= 0.3 is 0 Å². The summed E-state index contributed by atoms with van der Waals surface area (Å²) in [5, 5.41) is 3.03. The predicted molar refractivity (Wildman–Crippen MR) is 92.8 cm³/mol. The van der Waals surface area contributed by atoms with Crippen molar-refractivity contribution in [1.29, 1.82) is 0 Å². The molecule has 8 heteroatoms. The molecule has 0 unspecified atom stereocenters. The van der Waals surface area contributed by atoms with Gasteiger partial charge in [-0.25, -0.2) is 9.38 Å². The molecule has 130 valence electrons. The summed E-state index contributed by atoms with van der Waals surface area (Å²) in [6.45, 7) is 0.997. The van der Waals surface area contributed by atoms with E-state index in [1.54, 1.807) is 12.1 Å². The summed E-state index contributed by atoms with van der Waals surface area (Å²) >= 11 is 0. The minimum absolute atomic E-state index is 0.101. The molecule has 0 aliphatic carbocycles. The summed E-state index contributed by atoms with van der Waals surface area (Å²) in [5.74, 6) is 1.31. The van der Waals surface area contributed by atoms with Crippen molar-refractivity contribution in [2.24, 2.45) is 21.5 Å². The molecule has 0 fully saturated rings. The fraction of sp³-hybridized carbons (Fsp3) is 0.176. The normalized spacial score (nSPS) is 12.8. The smallest absolute Gasteiger partial charge is 0.231 e. The molecule has 3 rings (SSSR count). The molecular weight excluding hydrogens is 325 g/mol. The van der Waals surface area contributed by atoms with Crippen LogP contribution >= 0.6 is 0 Å². The highest BCUT2D eigenvalue weighted by Crippen LogP contribution is 2.32. The van der Waals surface area contributed by atoms with Crippen molar-refractivity contribution < 1.29 is 13.9 Å². The molecule has 0 spiro atoms. The molecule has 0 saturated carbocycles. The molecule has 1 heterocycles. The Labute approximate surface area is 144 Å². The lowest BCUT2D eigenvalue weighted by molar-refractivity contribution is 0.174. The van der Waals surface area contributed by atoms with Crippen LogP contribution in [0, 0.1) is 5.82 Å². The lowest BCUT2D eigenvalue weighted by Gasteiger charge is -2.07. The first-order valence-corrected chi connectivity index (χ1v) is 7.61. The molecule has 1 aliphatic heterocycles. The van der Waals surface area contributed by atoms with E-state index in [2.05, 4.69) is 15.3 Å². The van der Waals surface area contributed by atoms with Crippen molar-refractivity contribution in [2.75, 3.05) is 6.79 Å². The van der Waals surface area contributed by atoms with Gasteiger partial charge in [-0.15, -0.1) is 0 Å². The van der Waals surface area contributed by atoms with Gasteiger partial charge < -0.3 is 26.3 Å². The zero-order chi connectivity index (χ0) is 17.6. The van der Waals surface area contributed by atoms with Crippen LogP contribution in [0.4, 0.5) is 4.39 Å². The Morgan fingerprint density at radius 1 is 1.04 bits per heavy atom. The molecule has 0 saturated heterocycles. The number of guanidine groups is 2. The standard InChI is InChI=1S/C17H18FN5O2/c18-13-4-1-11(2-5-13)8-21-17(23-16(19)20)22-9-12-3-6-14-15(7-12)25-10-24-14/h1-7H,8-10H2,(H5,19,20,21,22,23). The molecule has 7 nitrogen and oxygen atoms in total. The van der Waals surface area contributed by atoms with Gasteiger partial charge in [-0.05, 0) is 35.4 Å². The van der Waals surface area contributed by atoms with Crippen molar-refractivity contribution in [1.82, 2.24) is 5.32 Å². The SMILES string of the molecule is NC(N)=NC(=NCc1ccc2c(c1)OCO2)NCc1ccc(F)cc1. The number of hydrogen-bond donors (Lipinski definition) is 3. The second kappa shape index (κ2) is 7.52. The van der Waals surface area contributed by atoms with Crippen LogP contribution in [-0.2, 0) is 13.1 Å². The maximum atomic E-state index is 12.9. The highest BCUT2D eigenvalue weighted by molar-refractivity contribution is 5.93. The Balaban J connectivity index is 1.68. The number of aliphatic imine (C=N–C) groups is 2. The van der Waals surface area contributed by atoms with Gasteiger partial charge in [0.25, 0.3) is 0 Å². The van der Waals surface area contributed by atoms with E-state index >= 15 is 0 Å². The van der Waals surface area contributed by atoms with Crippen LogP contribution < -0.4 is 26.3 Å². The Bertz CT molecular complexity index is 801. The van der Waals surface area contributed by atoms with E-state index in [0.29, 0.717) is 30.5 Å². The van der Waals surface area contributed by atoms with Crippen LogP contribution in [0.3, 0.4) is 0 Å². The highest BCUT2D eigenvalue weighted by Gasteiger charge is 2.13. The van der Waals surface area contributed by atoms with E-state index in [1.807, 2.05) is 18.2 Å². The van der Waals surface area contributed by atoms with Gasteiger partial charge in [0.05, 0.1) is 6.54 Å². The zero-order valence-electron chi connectivity index (χ0n) is 13.4. The third kappa shape index (κ3) is 4.60. The Hall–Kier alpha value is -3.29. The van der Waals surface area contributed by atoms with Crippen LogP contribution in [0.25, 0.3) is 0 Å². The number of nitrogens with one attached hydrogen (secondary N) is 1. The van der Waals surface area contributed by atoms with E-state index in [0.717, 1.165) is 11.1 Å². The Kier molecular flexibility index (Phi) is 4.98. The summed E-state index contributed by atoms with van der Waals surface area (Å²) in [6.07, 6.45) is 0. The van der Waals surface area contributed by atoms with E-state index in [9.17, 15) is 4.39 Å². The fourth-order valence-electron chi connectivity index (χ4n) is 2.24. The lowest BCUT2D eigenvalue weighted by Crippen LogP contribution is -2.29. The van der Waals surface area contributed by atoms with Gasteiger partial charge in [0.1, 0.15) is 5.82 Å². The lowest BCUT2D eigenvalue weighted by atomic mass is 10.2. The number of hydrogen-bond acceptors (Lipinski definition) is 3. The summed E-state index contributed by atoms with van der Waals surface area (Å²) in [4.78, 5) is 8.36. The first-order valence-electron chi connectivity index (χ1n) is 7.61. The minimum atomic E-state index is -0.287. The molecule has 5 N–H and O–H groups in total. The van der Waals surface area contributed by atoms with Gasteiger partial charge in [-0.3, -0.25) is 0 Å². The number of nitrogens with zero attached hydrogens (tertiary/aromatic N) is 2. The summed E-state index contributed by atoms with van der Waals surface area (Å²) in [7, 11) is 0. The maximum absolute atomic E-state index is 12.9. The van der Waals surface area contributed by atoms with Crippen LogP contribution in [-0.4, -0.2) is 18.7 Å². The van der Waals surface area contributed by atoms with Crippen LogP contribution in [0.2, 0.25) is 0 Å². The number of rotatable bonds is 4. The maximum Gasteiger partial charge on any atom is 0.231 e. The van der Waals surface area contributed by atoms with Gasteiger partial charge in [0.2, 0.25) is 12.8 Å². The van der Waals surface area contributed by atoms with Crippen LogP contribution in [0.1, 0.15) is 11.1 Å². The van der Waals surface area contributed by atoms with Crippen molar-refractivity contribution in [3.63, 3.8) is 0 Å². The van der Waals surface area contributed by atoms with Crippen molar-refractivity contribution in [2.45, 2.75) is 13.1 Å². The summed E-state index contributed by atoms with van der Waals surface area (Å²) in [5.41, 5.74) is 12.7. The van der Waals surface area contributed by atoms with E-state index < -0.39 is 0 Å². The second-order valence-electron chi connectivity index (χ2n) is 5.34. The monoisotopic (exact) mass is 343 g/mol. The number of nitrogens with two attached hydrogens (primary N) is 2.